The quantitative estimate of drug-likeness (QED) is 0.458. The van der Waals surface area contributed by atoms with Crippen molar-refractivity contribution in [3.05, 3.63) is 41.1 Å². The Morgan fingerprint density at radius 2 is 2.24 bits per heavy atom. The van der Waals surface area contributed by atoms with Gasteiger partial charge in [-0.2, -0.15) is 5.26 Å². The van der Waals surface area contributed by atoms with E-state index in [1.54, 1.807) is 7.11 Å². The fraction of sp³-hybridized carbons (Fsp3) is 0.375. The van der Waals surface area contributed by atoms with Crippen LogP contribution < -0.4 is 10.6 Å². The number of hydrogen-bond acceptors (Lipinski definition) is 4. The summed E-state index contributed by atoms with van der Waals surface area (Å²) in [4.78, 5) is 12.2. The van der Waals surface area contributed by atoms with Gasteiger partial charge in [-0.25, -0.2) is 0 Å². The first-order valence-corrected chi connectivity index (χ1v) is 6.86. The minimum absolute atomic E-state index is 0.0383. The van der Waals surface area contributed by atoms with Crippen LogP contribution in [0.15, 0.2) is 30.0 Å². The zero-order chi connectivity index (χ0) is 15.7. The third-order valence-corrected chi connectivity index (χ3v) is 3.04. The fourth-order valence-electron chi connectivity index (χ4n) is 1.87. The van der Waals surface area contributed by atoms with Crippen molar-refractivity contribution in [2.45, 2.75) is 20.3 Å². The SMILES string of the molecule is CCc1cccc(C)c1NC(=O)/C(C#N)=C\NCCOC. The molecule has 5 heteroatoms. The number of nitriles is 1. The molecule has 0 spiro atoms. The van der Waals surface area contributed by atoms with Gasteiger partial charge in [-0.1, -0.05) is 25.1 Å². The van der Waals surface area contributed by atoms with E-state index in [1.807, 2.05) is 38.1 Å². The van der Waals surface area contributed by atoms with Gasteiger partial charge in [0.05, 0.1) is 6.61 Å². The van der Waals surface area contributed by atoms with Crippen LogP contribution in [-0.4, -0.2) is 26.2 Å². The number of ether oxygens (including phenoxy) is 1. The molecule has 1 rings (SSSR count). The lowest BCUT2D eigenvalue weighted by molar-refractivity contribution is -0.112. The van der Waals surface area contributed by atoms with Crippen LogP contribution in [-0.2, 0) is 16.0 Å². The van der Waals surface area contributed by atoms with Gasteiger partial charge >= 0.3 is 0 Å². The summed E-state index contributed by atoms with van der Waals surface area (Å²) < 4.78 is 4.88. The number of para-hydroxylation sites is 1. The molecule has 0 aromatic heterocycles. The van der Waals surface area contributed by atoms with Crippen molar-refractivity contribution in [2.24, 2.45) is 0 Å². The topological polar surface area (TPSA) is 74.2 Å². The van der Waals surface area contributed by atoms with Crippen LogP contribution in [0.25, 0.3) is 0 Å². The molecule has 21 heavy (non-hydrogen) atoms. The summed E-state index contributed by atoms with van der Waals surface area (Å²) in [7, 11) is 1.59. The highest BCUT2D eigenvalue weighted by atomic mass is 16.5. The third kappa shape index (κ3) is 4.93. The van der Waals surface area contributed by atoms with E-state index >= 15 is 0 Å². The van der Waals surface area contributed by atoms with Crippen LogP contribution in [0, 0.1) is 18.3 Å². The number of anilines is 1. The first-order valence-electron chi connectivity index (χ1n) is 6.86. The van der Waals surface area contributed by atoms with Crippen molar-refractivity contribution in [2.75, 3.05) is 25.6 Å². The van der Waals surface area contributed by atoms with Crippen molar-refractivity contribution in [1.29, 1.82) is 5.26 Å². The van der Waals surface area contributed by atoms with Crippen LogP contribution in [0.4, 0.5) is 5.69 Å². The van der Waals surface area contributed by atoms with Gasteiger partial charge in [0.1, 0.15) is 11.6 Å². The number of hydrogen-bond donors (Lipinski definition) is 2. The molecule has 1 amide bonds. The molecule has 1 aromatic rings. The van der Waals surface area contributed by atoms with Gasteiger partial charge in [0.25, 0.3) is 5.91 Å². The van der Waals surface area contributed by atoms with Gasteiger partial charge in [-0.15, -0.1) is 0 Å². The molecule has 0 saturated carbocycles. The third-order valence-electron chi connectivity index (χ3n) is 3.04. The molecule has 0 bridgehead atoms. The molecule has 0 fully saturated rings. The van der Waals surface area contributed by atoms with E-state index in [0.29, 0.717) is 13.2 Å². The summed E-state index contributed by atoms with van der Waals surface area (Å²) in [5.74, 6) is -0.411. The number of carbonyl (C=O) groups is 1. The van der Waals surface area contributed by atoms with Gasteiger partial charge in [0.2, 0.25) is 0 Å². The second-order valence-corrected chi connectivity index (χ2v) is 4.53. The first-order chi connectivity index (χ1) is 10.1. The molecule has 1 aromatic carbocycles. The Labute approximate surface area is 125 Å². The maximum Gasteiger partial charge on any atom is 0.267 e. The smallest absolute Gasteiger partial charge is 0.267 e. The van der Waals surface area contributed by atoms with Crippen molar-refractivity contribution in [3.63, 3.8) is 0 Å². The van der Waals surface area contributed by atoms with Crippen molar-refractivity contribution >= 4 is 11.6 Å². The van der Waals surface area contributed by atoms with Crippen LogP contribution in [0.3, 0.4) is 0 Å². The number of methoxy groups -OCH3 is 1. The molecule has 0 unspecified atom stereocenters. The standard InChI is InChI=1S/C16H21N3O2/c1-4-13-7-5-6-12(2)15(13)19-16(20)14(10-17)11-18-8-9-21-3/h5-7,11,18H,4,8-9H2,1-3H3,(H,19,20)/b14-11-. The van der Waals surface area contributed by atoms with E-state index in [1.165, 1.54) is 6.20 Å². The number of nitrogens with zero attached hydrogens (tertiary/aromatic N) is 1. The summed E-state index contributed by atoms with van der Waals surface area (Å²) in [6, 6.07) is 7.76. The van der Waals surface area contributed by atoms with Crippen LogP contribution in [0.2, 0.25) is 0 Å². The maximum atomic E-state index is 12.2. The average molecular weight is 287 g/mol. The highest BCUT2D eigenvalue weighted by Gasteiger charge is 2.12. The summed E-state index contributed by atoms with van der Waals surface area (Å²) in [6.45, 7) is 5.01. The molecule has 2 N–H and O–H groups in total. The van der Waals surface area contributed by atoms with E-state index in [9.17, 15) is 4.79 Å². The molecule has 5 nitrogen and oxygen atoms in total. The number of amides is 1. The van der Waals surface area contributed by atoms with Crippen molar-refractivity contribution in [3.8, 4) is 6.07 Å². The van der Waals surface area contributed by atoms with Gasteiger partial charge in [-0.3, -0.25) is 4.79 Å². The number of aryl methyl sites for hydroxylation is 2. The molecule has 0 radical (unpaired) electrons. The summed E-state index contributed by atoms with van der Waals surface area (Å²) in [6.07, 6.45) is 2.23. The predicted octanol–water partition coefficient (Wildman–Crippen LogP) is 2.14. The lowest BCUT2D eigenvalue weighted by Crippen LogP contribution is -2.19. The Hall–Kier alpha value is -2.32. The normalized spacial score (nSPS) is 10.9. The van der Waals surface area contributed by atoms with E-state index in [2.05, 4.69) is 10.6 Å². The maximum absolute atomic E-state index is 12.2. The number of benzene rings is 1. The number of carbonyl (C=O) groups excluding carboxylic acids is 1. The molecule has 0 atom stereocenters. The fourth-order valence-corrected chi connectivity index (χ4v) is 1.87. The lowest BCUT2D eigenvalue weighted by atomic mass is 10.1. The number of nitrogens with one attached hydrogen (secondary N) is 2. The van der Waals surface area contributed by atoms with Gasteiger partial charge < -0.3 is 15.4 Å². The molecule has 0 heterocycles. The van der Waals surface area contributed by atoms with E-state index in [4.69, 9.17) is 10.00 Å². The lowest BCUT2D eigenvalue weighted by Gasteiger charge is -2.12. The molecule has 0 aliphatic rings. The molecule has 0 saturated heterocycles. The molecule has 0 aliphatic carbocycles. The first kappa shape index (κ1) is 16.7. The second kappa shape index (κ2) is 8.77. The van der Waals surface area contributed by atoms with Crippen LogP contribution in [0.1, 0.15) is 18.1 Å². The Bertz CT molecular complexity index is 559. The van der Waals surface area contributed by atoms with Crippen molar-refractivity contribution < 1.29 is 9.53 Å². The Morgan fingerprint density at radius 3 is 2.86 bits per heavy atom. The largest absolute Gasteiger partial charge is 0.387 e. The average Bonchev–Trinajstić information content (AvgIpc) is 2.49. The minimum Gasteiger partial charge on any atom is -0.387 e. The minimum atomic E-state index is -0.411. The van der Waals surface area contributed by atoms with Gasteiger partial charge in [0.15, 0.2) is 0 Å². The second-order valence-electron chi connectivity index (χ2n) is 4.53. The highest BCUT2D eigenvalue weighted by Crippen LogP contribution is 2.21. The highest BCUT2D eigenvalue weighted by molar-refractivity contribution is 6.07. The predicted molar refractivity (Wildman–Crippen MR) is 82.8 cm³/mol. The number of rotatable bonds is 7. The van der Waals surface area contributed by atoms with Crippen LogP contribution in [0.5, 0.6) is 0 Å². The molecule has 0 aliphatic heterocycles. The summed E-state index contributed by atoms with van der Waals surface area (Å²) in [5, 5.41) is 14.8. The van der Waals surface area contributed by atoms with Gasteiger partial charge in [0, 0.05) is 25.5 Å². The Balaban J connectivity index is 2.82. The van der Waals surface area contributed by atoms with E-state index < -0.39 is 5.91 Å². The van der Waals surface area contributed by atoms with Crippen LogP contribution >= 0.6 is 0 Å². The van der Waals surface area contributed by atoms with E-state index in [0.717, 1.165) is 23.2 Å². The Morgan fingerprint density at radius 1 is 1.48 bits per heavy atom. The van der Waals surface area contributed by atoms with Gasteiger partial charge in [-0.05, 0) is 24.5 Å². The molecule has 112 valence electrons. The van der Waals surface area contributed by atoms with E-state index in [-0.39, 0.29) is 5.57 Å². The zero-order valence-corrected chi connectivity index (χ0v) is 12.7. The molecular formula is C16H21N3O2. The monoisotopic (exact) mass is 287 g/mol. The summed E-state index contributed by atoms with van der Waals surface area (Å²) >= 11 is 0. The van der Waals surface area contributed by atoms with Crippen molar-refractivity contribution in [1.82, 2.24) is 5.32 Å². The zero-order valence-electron chi connectivity index (χ0n) is 12.7. The molecular weight excluding hydrogens is 266 g/mol. The Kier molecular flexibility index (Phi) is 6.99. The summed E-state index contributed by atoms with van der Waals surface area (Å²) in [5.41, 5.74) is 2.85.